The summed E-state index contributed by atoms with van der Waals surface area (Å²) in [6, 6.07) is 26.9. The van der Waals surface area contributed by atoms with Gasteiger partial charge < -0.3 is 9.47 Å². The maximum atomic E-state index is 2.67. The highest BCUT2D eigenvalue weighted by atomic mass is 15.2. The average molecular weight is 561 g/mol. The number of para-hydroxylation sites is 2. The Labute approximate surface area is 255 Å². The first-order valence-corrected chi connectivity index (χ1v) is 16.1. The lowest BCUT2D eigenvalue weighted by molar-refractivity contribution is 0.234. The number of hydrogen-bond donors (Lipinski definition) is 0. The van der Waals surface area contributed by atoms with Crippen molar-refractivity contribution < 1.29 is 0 Å². The number of hydrogen-bond acceptors (Lipinski definition) is 1. The molecule has 1 aliphatic heterocycles. The largest absolute Gasteiger partial charge is 0.335 e. The normalized spacial score (nSPS) is 25.2. The topological polar surface area (TPSA) is 8.17 Å². The first-order valence-electron chi connectivity index (χ1n) is 16.1. The van der Waals surface area contributed by atoms with Crippen LogP contribution in [0, 0.1) is 11.8 Å². The first-order chi connectivity index (χ1) is 21.1. The zero-order valence-electron chi connectivity index (χ0n) is 25.5. The fourth-order valence-electron chi connectivity index (χ4n) is 8.53. The summed E-state index contributed by atoms with van der Waals surface area (Å²) in [5.41, 5.74) is 11.2. The maximum Gasteiger partial charge on any atom is 0.0705 e. The Balaban J connectivity index is 1.13. The van der Waals surface area contributed by atoms with E-state index < -0.39 is 0 Å². The Morgan fingerprint density at radius 3 is 2.30 bits per heavy atom. The van der Waals surface area contributed by atoms with Crippen LogP contribution in [0.2, 0.25) is 0 Å². The average Bonchev–Trinajstić information content (AvgIpc) is 3.52. The number of benzene rings is 3. The fourth-order valence-corrected chi connectivity index (χ4v) is 8.53. The van der Waals surface area contributed by atoms with Crippen LogP contribution in [0.3, 0.4) is 0 Å². The van der Waals surface area contributed by atoms with Gasteiger partial charge in [-0.05, 0) is 86.1 Å². The molecule has 0 saturated carbocycles. The Morgan fingerprint density at radius 2 is 1.60 bits per heavy atom. The van der Waals surface area contributed by atoms with Crippen molar-refractivity contribution in [1.82, 2.24) is 9.47 Å². The van der Waals surface area contributed by atoms with E-state index in [2.05, 4.69) is 152 Å². The van der Waals surface area contributed by atoms with E-state index in [0.717, 1.165) is 19.3 Å². The van der Waals surface area contributed by atoms with E-state index >= 15 is 0 Å². The first kappa shape index (κ1) is 26.3. The van der Waals surface area contributed by atoms with E-state index in [4.69, 9.17) is 0 Å². The molecule has 0 saturated heterocycles. The molecule has 4 atom stereocenters. The summed E-state index contributed by atoms with van der Waals surface area (Å²) >= 11 is 0. The molecule has 0 spiro atoms. The van der Waals surface area contributed by atoms with Crippen molar-refractivity contribution in [2.24, 2.45) is 11.8 Å². The van der Waals surface area contributed by atoms with Crippen molar-refractivity contribution in [1.29, 1.82) is 0 Å². The molecule has 3 aromatic carbocycles. The van der Waals surface area contributed by atoms with Crippen LogP contribution in [0.25, 0.3) is 27.5 Å². The molecule has 43 heavy (non-hydrogen) atoms. The SMILES string of the molecule is CCC(C1=CC=C(N2C3=C(CCC=C3)C3C=CC=CC32C)CC1C)c1ccc(-n2c3ccccc3c3ccccc32)cc1. The molecule has 1 aromatic heterocycles. The zero-order valence-corrected chi connectivity index (χ0v) is 25.5. The van der Waals surface area contributed by atoms with Crippen LogP contribution < -0.4 is 0 Å². The fraction of sp³-hybridized carbons (Fsp3) is 0.268. The quantitative estimate of drug-likeness (QED) is 0.236. The summed E-state index contributed by atoms with van der Waals surface area (Å²) in [6.45, 7) is 7.21. The predicted octanol–water partition coefficient (Wildman–Crippen LogP) is 10.5. The minimum atomic E-state index is -0.0161. The highest BCUT2D eigenvalue weighted by Crippen LogP contribution is 2.52. The highest BCUT2D eigenvalue weighted by molar-refractivity contribution is 6.09. The van der Waals surface area contributed by atoms with E-state index in [1.165, 1.54) is 50.9 Å². The number of fused-ring (bicyclic) bond motifs is 5. The molecule has 214 valence electrons. The summed E-state index contributed by atoms with van der Waals surface area (Å²) in [5, 5.41) is 2.61. The minimum Gasteiger partial charge on any atom is -0.335 e. The lowest BCUT2D eigenvalue weighted by atomic mass is 9.76. The Hall–Kier alpha value is -4.30. The highest BCUT2D eigenvalue weighted by Gasteiger charge is 2.48. The summed E-state index contributed by atoms with van der Waals surface area (Å²) in [4.78, 5) is 2.67. The van der Waals surface area contributed by atoms with E-state index in [1.54, 1.807) is 11.1 Å². The van der Waals surface area contributed by atoms with Crippen LogP contribution >= 0.6 is 0 Å². The van der Waals surface area contributed by atoms with Gasteiger partial charge in [-0.3, -0.25) is 0 Å². The van der Waals surface area contributed by atoms with Crippen molar-refractivity contribution in [2.75, 3.05) is 0 Å². The molecule has 4 aromatic rings. The van der Waals surface area contributed by atoms with Gasteiger partial charge in [0, 0.05) is 39.7 Å². The zero-order chi connectivity index (χ0) is 29.1. The Bertz CT molecular complexity index is 1870. The summed E-state index contributed by atoms with van der Waals surface area (Å²) in [6.07, 6.45) is 23.5. The molecule has 0 amide bonds. The van der Waals surface area contributed by atoms with Crippen molar-refractivity contribution in [2.45, 2.75) is 57.9 Å². The van der Waals surface area contributed by atoms with Crippen LogP contribution in [0.4, 0.5) is 0 Å². The van der Waals surface area contributed by atoms with Gasteiger partial charge in [0.25, 0.3) is 0 Å². The van der Waals surface area contributed by atoms with E-state index in [0.29, 0.717) is 17.8 Å². The molecule has 8 rings (SSSR count). The van der Waals surface area contributed by atoms with E-state index in [9.17, 15) is 0 Å². The second-order valence-electron chi connectivity index (χ2n) is 13.0. The molecule has 2 nitrogen and oxygen atoms in total. The summed E-state index contributed by atoms with van der Waals surface area (Å²) < 4.78 is 2.41. The maximum absolute atomic E-state index is 2.67. The van der Waals surface area contributed by atoms with Gasteiger partial charge in [0.05, 0.1) is 16.6 Å². The van der Waals surface area contributed by atoms with Crippen LogP contribution in [0.15, 0.2) is 144 Å². The summed E-state index contributed by atoms with van der Waals surface area (Å²) in [5.74, 6) is 1.38. The molecule has 0 N–H and O–H groups in total. The molecule has 0 bridgehead atoms. The number of aromatic nitrogens is 1. The van der Waals surface area contributed by atoms with Crippen molar-refractivity contribution in [3.63, 3.8) is 0 Å². The molecule has 4 unspecified atom stereocenters. The van der Waals surface area contributed by atoms with E-state index in [1.807, 2.05) is 0 Å². The second kappa shape index (κ2) is 10.2. The van der Waals surface area contributed by atoms with Gasteiger partial charge in [0.2, 0.25) is 0 Å². The molecular weight excluding hydrogens is 520 g/mol. The van der Waals surface area contributed by atoms with Crippen LogP contribution in [0.1, 0.15) is 57.9 Å². The van der Waals surface area contributed by atoms with Crippen molar-refractivity contribution in [3.8, 4) is 5.69 Å². The van der Waals surface area contributed by atoms with Gasteiger partial charge in [-0.1, -0.05) is 104 Å². The smallest absolute Gasteiger partial charge is 0.0705 e. The summed E-state index contributed by atoms with van der Waals surface area (Å²) in [7, 11) is 0. The third-order valence-electron chi connectivity index (χ3n) is 10.5. The third-order valence-corrected chi connectivity index (χ3v) is 10.5. The van der Waals surface area contributed by atoms with Crippen LogP contribution in [-0.2, 0) is 0 Å². The molecular formula is C41H40N2. The van der Waals surface area contributed by atoms with Crippen LogP contribution in [0.5, 0.6) is 0 Å². The van der Waals surface area contributed by atoms with Gasteiger partial charge in [0.15, 0.2) is 0 Å². The standard InChI is InChI=1S/C41H40N2/c1-4-32(29-20-22-30(23-21-29)42-38-17-8-5-13-34(38)35-14-6-9-18-39(35)42)33-25-24-31(27-28(33)2)43-40-19-10-7-15-36(40)37-16-11-12-26-41(37,43)3/h5-6,8-14,16-26,28,32,37H,4,7,15,27H2,1-3H3. The molecule has 4 aliphatic rings. The van der Waals surface area contributed by atoms with Crippen molar-refractivity contribution in [3.05, 3.63) is 150 Å². The van der Waals surface area contributed by atoms with Gasteiger partial charge in [-0.2, -0.15) is 0 Å². The van der Waals surface area contributed by atoms with Crippen molar-refractivity contribution >= 4 is 21.8 Å². The number of allylic oxidation sites excluding steroid dienone is 8. The number of rotatable bonds is 5. The van der Waals surface area contributed by atoms with Gasteiger partial charge in [0.1, 0.15) is 0 Å². The lowest BCUT2D eigenvalue weighted by Gasteiger charge is -2.43. The predicted molar refractivity (Wildman–Crippen MR) is 181 cm³/mol. The van der Waals surface area contributed by atoms with Gasteiger partial charge in [-0.25, -0.2) is 0 Å². The Kier molecular flexibility index (Phi) is 6.22. The molecule has 3 aliphatic carbocycles. The Morgan fingerprint density at radius 1 is 0.884 bits per heavy atom. The monoisotopic (exact) mass is 560 g/mol. The third kappa shape index (κ3) is 3.99. The van der Waals surface area contributed by atoms with Gasteiger partial charge >= 0.3 is 0 Å². The lowest BCUT2D eigenvalue weighted by Crippen LogP contribution is -2.45. The molecule has 0 radical (unpaired) electrons. The van der Waals surface area contributed by atoms with Crippen LogP contribution in [-0.4, -0.2) is 15.0 Å². The second-order valence-corrected chi connectivity index (χ2v) is 13.0. The van der Waals surface area contributed by atoms with E-state index in [-0.39, 0.29) is 5.54 Å². The number of nitrogens with zero attached hydrogens (tertiary/aromatic N) is 2. The molecule has 2 heteroatoms. The molecule has 2 heterocycles. The molecule has 0 fully saturated rings. The van der Waals surface area contributed by atoms with Gasteiger partial charge in [-0.15, -0.1) is 0 Å². The minimum absolute atomic E-state index is 0.0161.